The molecular formula is C58H101NO8. The second-order valence-corrected chi connectivity index (χ2v) is 18.6. The number of allylic oxidation sites excluding steroid dienone is 13. The standard InChI is InChI=1S/C58H101NO8/c1-3-5-7-9-11-12-13-14-15-16-17-18-19-20-21-22-23-24-25-26-27-28-29-30-31-32-33-34-35-36-37-38-39-40-42-44-46-48-54(62)59-51(52(61)47-45-43-41-10-8-6-4-2)50-66-58-57(65)56(64)55(63)53(49-60)67-58/h5,7-8,10-12,14-15,17-18,20-21,45,47,51-53,55-58,60-61,63-65H,3-4,6,9,13,16,19,22-44,46,48-50H2,1-2H3,(H,59,62)/b7-5-,10-8+,12-11-,15-14-,18-17-,21-20-,47-45+. The highest BCUT2D eigenvalue weighted by Crippen LogP contribution is 2.23. The van der Waals surface area contributed by atoms with Crippen molar-refractivity contribution >= 4 is 5.91 Å². The van der Waals surface area contributed by atoms with Crippen LogP contribution in [0, 0.1) is 0 Å². The Bertz CT molecular complexity index is 1320. The smallest absolute Gasteiger partial charge is 0.220 e. The van der Waals surface area contributed by atoms with E-state index in [1.165, 1.54) is 122 Å². The average molecular weight is 940 g/mol. The SMILES string of the molecule is CC/C=C\C/C=C\C/C=C\C/C=C\C/C=C\CCCCCCCCCCCCCCCCCCCCCCCC(=O)NC(COC1OC(CO)C(O)C(O)C1O)C(O)/C=C/CC/C=C/CCC. The lowest BCUT2D eigenvalue weighted by Gasteiger charge is -2.40. The lowest BCUT2D eigenvalue weighted by atomic mass is 9.99. The van der Waals surface area contributed by atoms with Gasteiger partial charge in [-0.05, 0) is 70.6 Å². The third kappa shape index (κ3) is 36.9. The van der Waals surface area contributed by atoms with Crippen molar-refractivity contribution in [3.05, 3.63) is 85.1 Å². The molecule has 6 N–H and O–H groups in total. The summed E-state index contributed by atoms with van der Waals surface area (Å²) in [5.74, 6) is -0.192. The number of amides is 1. The molecule has 0 aromatic heterocycles. The van der Waals surface area contributed by atoms with E-state index in [-0.39, 0.29) is 12.5 Å². The first-order valence-corrected chi connectivity index (χ1v) is 27.3. The Labute approximate surface area is 410 Å². The number of hydrogen-bond donors (Lipinski definition) is 6. The minimum Gasteiger partial charge on any atom is -0.394 e. The fourth-order valence-corrected chi connectivity index (χ4v) is 8.15. The summed E-state index contributed by atoms with van der Waals surface area (Å²) < 4.78 is 11.2. The van der Waals surface area contributed by atoms with Gasteiger partial charge in [-0.2, -0.15) is 0 Å². The first kappa shape index (κ1) is 62.4. The van der Waals surface area contributed by atoms with Crippen LogP contribution in [0.2, 0.25) is 0 Å². The lowest BCUT2D eigenvalue weighted by Crippen LogP contribution is -2.60. The van der Waals surface area contributed by atoms with E-state index in [9.17, 15) is 30.3 Å². The Morgan fingerprint density at radius 2 is 0.940 bits per heavy atom. The van der Waals surface area contributed by atoms with Crippen LogP contribution in [-0.4, -0.2) is 87.5 Å². The number of hydrogen-bond acceptors (Lipinski definition) is 8. The molecule has 1 rings (SSSR count). The van der Waals surface area contributed by atoms with Crippen LogP contribution in [0.1, 0.15) is 219 Å². The van der Waals surface area contributed by atoms with Crippen LogP contribution in [-0.2, 0) is 14.3 Å². The van der Waals surface area contributed by atoms with Crippen LogP contribution in [0.3, 0.4) is 0 Å². The van der Waals surface area contributed by atoms with Crippen molar-refractivity contribution in [3.8, 4) is 0 Å². The molecule has 0 bridgehead atoms. The molecule has 1 fully saturated rings. The number of aliphatic hydroxyl groups is 5. The van der Waals surface area contributed by atoms with Gasteiger partial charge in [0.1, 0.15) is 24.4 Å². The number of carbonyl (C=O) groups excluding carboxylic acids is 1. The molecule has 1 amide bonds. The average Bonchev–Trinajstić information content (AvgIpc) is 3.33. The van der Waals surface area contributed by atoms with Crippen molar-refractivity contribution in [2.75, 3.05) is 13.2 Å². The molecule has 0 spiro atoms. The maximum atomic E-state index is 12.9. The summed E-state index contributed by atoms with van der Waals surface area (Å²) in [6.07, 6.45) is 59.9. The van der Waals surface area contributed by atoms with Crippen LogP contribution in [0.25, 0.3) is 0 Å². The molecule has 9 nitrogen and oxygen atoms in total. The van der Waals surface area contributed by atoms with E-state index in [4.69, 9.17) is 9.47 Å². The molecule has 1 aliphatic rings. The zero-order chi connectivity index (χ0) is 48.7. The lowest BCUT2D eigenvalue weighted by molar-refractivity contribution is -0.302. The Hall–Kier alpha value is -2.63. The molecule has 0 aromatic rings. The largest absolute Gasteiger partial charge is 0.394 e. The number of rotatable bonds is 45. The fraction of sp³-hybridized carbons (Fsp3) is 0.741. The molecule has 0 aromatic carbocycles. The minimum atomic E-state index is -1.57. The number of aliphatic hydroxyl groups excluding tert-OH is 5. The highest BCUT2D eigenvalue weighted by Gasteiger charge is 2.44. The molecule has 7 atom stereocenters. The van der Waals surface area contributed by atoms with Gasteiger partial charge < -0.3 is 40.3 Å². The van der Waals surface area contributed by atoms with E-state index in [0.29, 0.717) is 6.42 Å². The Morgan fingerprint density at radius 1 is 0.522 bits per heavy atom. The van der Waals surface area contributed by atoms with Gasteiger partial charge in [0, 0.05) is 6.42 Å². The predicted octanol–water partition coefficient (Wildman–Crippen LogP) is 13.1. The monoisotopic (exact) mass is 940 g/mol. The molecule has 1 heterocycles. The molecule has 67 heavy (non-hydrogen) atoms. The molecule has 1 aliphatic heterocycles. The number of carbonyl (C=O) groups is 1. The summed E-state index contributed by atoms with van der Waals surface area (Å²) in [5.41, 5.74) is 0. The molecule has 386 valence electrons. The number of ether oxygens (including phenoxy) is 2. The normalized spacial score (nSPS) is 20.4. The van der Waals surface area contributed by atoms with Crippen LogP contribution in [0.5, 0.6) is 0 Å². The quantitative estimate of drug-likeness (QED) is 0.0261. The second-order valence-electron chi connectivity index (χ2n) is 18.6. The second kappa shape index (κ2) is 47.1. The van der Waals surface area contributed by atoms with Gasteiger partial charge in [-0.1, -0.05) is 227 Å². The summed E-state index contributed by atoms with van der Waals surface area (Å²) in [6.45, 7) is 3.53. The molecule has 9 heteroatoms. The van der Waals surface area contributed by atoms with Crippen LogP contribution < -0.4 is 5.32 Å². The summed E-state index contributed by atoms with van der Waals surface area (Å²) in [6, 6.07) is -0.820. The molecule has 0 radical (unpaired) electrons. The van der Waals surface area contributed by atoms with E-state index < -0.39 is 49.5 Å². The van der Waals surface area contributed by atoms with Crippen LogP contribution in [0.15, 0.2) is 85.1 Å². The zero-order valence-corrected chi connectivity index (χ0v) is 42.6. The van der Waals surface area contributed by atoms with Crippen molar-refractivity contribution in [1.82, 2.24) is 5.32 Å². The first-order chi connectivity index (χ1) is 32.8. The molecular weight excluding hydrogens is 839 g/mol. The van der Waals surface area contributed by atoms with Gasteiger partial charge in [-0.3, -0.25) is 4.79 Å². The maximum absolute atomic E-state index is 12.9. The molecule has 1 saturated heterocycles. The highest BCUT2D eigenvalue weighted by molar-refractivity contribution is 5.76. The summed E-state index contributed by atoms with van der Waals surface area (Å²) >= 11 is 0. The van der Waals surface area contributed by atoms with E-state index in [2.05, 4.69) is 92.1 Å². The molecule has 0 saturated carbocycles. The summed E-state index contributed by atoms with van der Waals surface area (Å²) in [4.78, 5) is 12.9. The van der Waals surface area contributed by atoms with Crippen LogP contribution >= 0.6 is 0 Å². The van der Waals surface area contributed by atoms with Crippen molar-refractivity contribution in [3.63, 3.8) is 0 Å². The van der Waals surface area contributed by atoms with Gasteiger partial charge >= 0.3 is 0 Å². The zero-order valence-electron chi connectivity index (χ0n) is 42.6. The molecule has 7 unspecified atom stereocenters. The van der Waals surface area contributed by atoms with Crippen molar-refractivity contribution in [1.29, 1.82) is 0 Å². The predicted molar refractivity (Wildman–Crippen MR) is 281 cm³/mol. The Morgan fingerprint density at radius 3 is 1.42 bits per heavy atom. The van der Waals surface area contributed by atoms with Gasteiger partial charge in [0.25, 0.3) is 0 Å². The van der Waals surface area contributed by atoms with Crippen LogP contribution in [0.4, 0.5) is 0 Å². The van der Waals surface area contributed by atoms with Crippen molar-refractivity contribution in [2.45, 2.75) is 262 Å². The first-order valence-electron chi connectivity index (χ1n) is 27.3. The van der Waals surface area contributed by atoms with E-state index in [0.717, 1.165) is 77.0 Å². The number of nitrogens with one attached hydrogen (secondary N) is 1. The minimum absolute atomic E-state index is 0.192. The van der Waals surface area contributed by atoms with Gasteiger partial charge in [0.2, 0.25) is 5.91 Å². The topological polar surface area (TPSA) is 149 Å². The van der Waals surface area contributed by atoms with E-state index in [1.807, 2.05) is 6.08 Å². The maximum Gasteiger partial charge on any atom is 0.220 e. The molecule has 0 aliphatic carbocycles. The number of unbranched alkanes of at least 4 members (excludes halogenated alkanes) is 23. The van der Waals surface area contributed by atoms with E-state index in [1.54, 1.807) is 6.08 Å². The van der Waals surface area contributed by atoms with Gasteiger partial charge in [0.05, 0.1) is 25.4 Å². The van der Waals surface area contributed by atoms with Gasteiger partial charge in [-0.15, -0.1) is 0 Å². The fourth-order valence-electron chi connectivity index (χ4n) is 8.15. The van der Waals surface area contributed by atoms with Gasteiger partial charge in [-0.25, -0.2) is 0 Å². The summed E-state index contributed by atoms with van der Waals surface area (Å²) in [5, 5.41) is 54.0. The van der Waals surface area contributed by atoms with Crippen molar-refractivity contribution < 1.29 is 39.8 Å². The Kier molecular flexibility index (Phi) is 43.8. The van der Waals surface area contributed by atoms with Crippen molar-refractivity contribution in [2.24, 2.45) is 0 Å². The van der Waals surface area contributed by atoms with Gasteiger partial charge in [0.15, 0.2) is 6.29 Å². The third-order valence-corrected chi connectivity index (χ3v) is 12.4. The highest BCUT2D eigenvalue weighted by atomic mass is 16.7. The Balaban J connectivity index is 2.01. The summed E-state index contributed by atoms with van der Waals surface area (Å²) in [7, 11) is 0. The van der Waals surface area contributed by atoms with E-state index >= 15 is 0 Å². The third-order valence-electron chi connectivity index (χ3n) is 12.4.